The van der Waals surface area contributed by atoms with E-state index in [1.54, 1.807) is 6.92 Å². The van der Waals surface area contributed by atoms with Crippen LogP contribution in [0.15, 0.2) is 11.6 Å². The number of Topliss-reactive ketones (excluding diaryl/α,β-unsaturated/α-hetero) is 1. The molecule has 0 saturated carbocycles. The number of hydrogen-bond donors (Lipinski definition) is 0. The maximum absolute atomic E-state index is 11.5. The second kappa shape index (κ2) is 6.81. The van der Waals surface area contributed by atoms with E-state index in [1.165, 1.54) is 44.1 Å². The predicted molar refractivity (Wildman–Crippen MR) is 64.9 cm³/mol. The highest BCUT2D eigenvalue weighted by Crippen LogP contribution is 2.29. The third kappa shape index (κ3) is 4.19. The van der Waals surface area contributed by atoms with Crippen molar-refractivity contribution >= 4 is 5.78 Å². The molecule has 1 rings (SSSR count). The molecule has 0 aromatic carbocycles. The van der Waals surface area contributed by atoms with Crippen LogP contribution in [-0.2, 0) is 4.79 Å². The van der Waals surface area contributed by atoms with Crippen molar-refractivity contribution in [2.24, 2.45) is 5.92 Å². The molecule has 0 amide bonds. The van der Waals surface area contributed by atoms with Gasteiger partial charge < -0.3 is 0 Å². The van der Waals surface area contributed by atoms with Gasteiger partial charge in [0, 0.05) is 5.92 Å². The molecular weight excluding hydrogens is 184 g/mol. The molecule has 0 heterocycles. The smallest absolute Gasteiger partial charge is 0.136 e. The van der Waals surface area contributed by atoms with Gasteiger partial charge in [0.15, 0.2) is 0 Å². The van der Waals surface area contributed by atoms with Crippen molar-refractivity contribution in [1.82, 2.24) is 0 Å². The zero-order valence-corrected chi connectivity index (χ0v) is 10.2. The first kappa shape index (κ1) is 12.5. The average molecular weight is 208 g/mol. The minimum Gasteiger partial charge on any atom is -0.299 e. The number of carbonyl (C=O) groups excluding carboxylic acids is 1. The van der Waals surface area contributed by atoms with Gasteiger partial charge in [0.1, 0.15) is 5.78 Å². The van der Waals surface area contributed by atoms with Crippen LogP contribution in [-0.4, -0.2) is 5.78 Å². The molecule has 0 saturated heterocycles. The first-order valence-electron chi connectivity index (χ1n) is 6.45. The van der Waals surface area contributed by atoms with Gasteiger partial charge in [-0.25, -0.2) is 0 Å². The Morgan fingerprint density at radius 3 is 2.87 bits per heavy atom. The molecule has 1 aliphatic carbocycles. The average Bonchev–Trinajstić information content (AvgIpc) is 2.25. The Morgan fingerprint density at radius 2 is 2.20 bits per heavy atom. The number of unbranched alkanes of at least 4 members (excludes halogenated alkanes) is 3. The molecule has 0 aliphatic heterocycles. The lowest BCUT2D eigenvalue weighted by atomic mass is 9.82. The van der Waals surface area contributed by atoms with Gasteiger partial charge in [-0.15, -0.1) is 0 Å². The van der Waals surface area contributed by atoms with Crippen LogP contribution in [0, 0.1) is 5.92 Å². The summed E-state index contributed by atoms with van der Waals surface area (Å²) in [6.07, 6.45) is 12.2. The number of hydrogen-bond acceptors (Lipinski definition) is 1. The molecule has 1 unspecified atom stereocenters. The van der Waals surface area contributed by atoms with Gasteiger partial charge in [-0.05, 0) is 39.0 Å². The third-order valence-electron chi connectivity index (χ3n) is 3.36. The summed E-state index contributed by atoms with van der Waals surface area (Å²) in [5.41, 5.74) is 1.44. The Hall–Kier alpha value is -0.590. The largest absolute Gasteiger partial charge is 0.299 e. The summed E-state index contributed by atoms with van der Waals surface area (Å²) < 4.78 is 0. The summed E-state index contributed by atoms with van der Waals surface area (Å²) in [6.45, 7) is 3.98. The van der Waals surface area contributed by atoms with Gasteiger partial charge in [-0.3, -0.25) is 4.79 Å². The molecule has 0 fully saturated rings. The number of ketones is 1. The Morgan fingerprint density at radius 1 is 1.40 bits per heavy atom. The molecule has 0 radical (unpaired) electrons. The molecule has 1 heteroatoms. The maximum Gasteiger partial charge on any atom is 0.136 e. The molecule has 1 atom stereocenters. The van der Waals surface area contributed by atoms with Crippen molar-refractivity contribution < 1.29 is 4.79 Å². The number of allylic oxidation sites excluding steroid dienone is 2. The number of rotatable bonds is 6. The highest BCUT2D eigenvalue weighted by Gasteiger charge is 2.20. The lowest BCUT2D eigenvalue weighted by Crippen LogP contribution is -2.16. The van der Waals surface area contributed by atoms with Gasteiger partial charge in [-0.1, -0.05) is 37.8 Å². The molecule has 1 aliphatic rings. The van der Waals surface area contributed by atoms with Crippen LogP contribution >= 0.6 is 0 Å². The van der Waals surface area contributed by atoms with Crippen molar-refractivity contribution in [3.8, 4) is 0 Å². The lowest BCUT2D eigenvalue weighted by molar-refractivity contribution is -0.120. The summed E-state index contributed by atoms with van der Waals surface area (Å²) in [5.74, 6) is 0.636. The summed E-state index contributed by atoms with van der Waals surface area (Å²) >= 11 is 0. The van der Waals surface area contributed by atoms with Crippen molar-refractivity contribution in [1.29, 1.82) is 0 Å². The maximum atomic E-state index is 11.5. The van der Waals surface area contributed by atoms with E-state index in [4.69, 9.17) is 0 Å². The van der Waals surface area contributed by atoms with Crippen molar-refractivity contribution in [3.63, 3.8) is 0 Å². The van der Waals surface area contributed by atoms with E-state index in [-0.39, 0.29) is 5.92 Å². The number of carbonyl (C=O) groups is 1. The lowest BCUT2D eigenvalue weighted by Gasteiger charge is -2.22. The van der Waals surface area contributed by atoms with Gasteiger partial charge in [0.25, 0.3) is 0 Å². The molecular formula is C14H24O. The zero-order chi connectivity index (χ0) is 11.1. The monoisotopic (exact) mass is 208 g/mol. The van der Waals surface area contributed by atoms with Crippen LogP contribution in [0.4, 0.5) is 0 Å². The van der Waals surface area contributed by atoms with Gasteiger partial charge in [-0.2, -0.15) is 0 Å². The standard InChI is InChI=1S/C14H24O/c1-3-4-5-6-9-13-10-7-8-11-14(13)12(2)15/h10,14H,3-9,11H2,1-2H3. The summed E-state index contributed by atoms with van der Waals surface area (Å²) in [4.78, 5) is 11.5. The highest BCUT2D eigenvalue weighted by molar-refractivity contribution is 5.81. The van der Waals surface area contributed by atoms with E-state index in [0.717, 1.165) is 12.8 Å². The first-order chi connectivity index (χ1) is 7.25. The molecule has 86 valence electrons. The fraction of sp³-hybridized carbons (Fsp3) is 0.786. The highest BCUT2D eigenvalue weighted by atomic mass is 16.1. The van der Waals surface area contributed by atoms with E-state index in [9.17, 15) is 4.79 Å². The van der Waals surface area contributed by atoms with Gasteiger partial charge in [0.05, 0.1) is 0 Å². The Labute approximate surface area is 93.9 Å². The molecule has 15 heavy (non-hydrogen) atoms. The summed E-state index contributed by atoms with van der Waals surface area (Å²) in [7, 11) is 0. The first-order valence-corrected chi connectivity index (χ1v) is 6.45. The van der Waals surface area contributed by atoms with Gasteiger partial charge >= 0.3 is 0 Å². The second-order valence-electron chi connectivity index (χ2n) is 4.68. The van der Waals surface area contributed by atoms with Crippen LogP contribution in [0.25, 0.3) is 0 Å². The summed E-state index contributed by atoms with van der Waals surface area (Å²) in [6, 6.07) is 0. The molecule has 0 N–H and O–H groups in total. The van der Waals surface area contributed by atoms with E-state index in [0.29, 0.717) is 5.78 Å². The van der Waals surface area contributed by atoms with Crippen molar-refractivity contribution in [2.45, 2.75) is 65.2 Å². The van der Waals surface area contributed by atoms with Crippen molar-refractivity contribution in [3.05, 3.63) is 11.6 Å². The van der Waals surface area contributed by atoms with Crippen LogP contribution in [0.5, 0.6) is 0 Å². The second-order valence-corrected chi connectivity index (χ2v) is 4.68. The van der Waals surface area contributed by atoms with E-state index >= 15 is 0 Å². The SMILES string of the molecule is CCCCCCC1=CCCCC1C(C)=O. The van der Waals surface area contributed by atoms with Crippen LogP contribution < -0.4 is 0 Å². The molecule has 1 nitrogen and oxygen atoms in total. The fourth-order valence-electron chi connectivity index (χ4n) is 2.43. The molecule has 0 aromatic rings. The Balaban J connectivity index is 2.36. The molecule has 0 spiro atoms. The minimum atomic E-state index is 0.264. The predicted octanol–water partition coefficient (Wildman–Crippen LogP) is 4.27. The normalized spacial score (nSPS) is 21.2. The van der Waals surface area contributed by atoms with E-state index in [1.807, 2.05) is 0 Å². The third-order valence-corrected chi connectivity index (χ3v) is 3.36. The van der Waals surface area contributed by atoms with Crippen molar-refractivity contribution in [2.75, 3.05) is 0 Å². The summed E-state index contributed by atoms with van der Waals surface area (Å²) in [5, 5.41) is 0. The molecule has 0 bridgehead atoms. The Bertz CT molecular complexity index is 227. The molecule has 0 aromatic heterocycles. The van der Waals surface area contributed by atoms with E-state index < -0.39 is 0 Å². The Kier molecular flexibility index (Phi) is 5.67. The quantitative estimate of drug-likeness (QED) is 0.470. The topological polar surface area (TPSA) is 17.1 Å². The minimum absolute atomic E-state index is 0.264. The van der Waals surface area contributed by atoms with E-state index in [2.05, 4.69) is 13.0 Å². The fourth-order valence-corrected chi connectivity index (χ4v) is 2.43. The van der Waals surface area contributed by atoms with Crippen LogP contribution in [0.2, 0.25) is 0 Å². The van der Waals surface area contributed by atoms with Gasteiger partial charge in [0.2, 0.25) is 0 Å². The zero-order valence-electron chi connectivity index (χ0n) is 10.2. The van der Waals surface area contributed by atoms with Crippen LogP contribution in [0.3, 0.4) is 0 Å². The van der Waals surface area contributed by atoms with Crippen LogP contribution in [0.1, 0.15) is 65.2 Å².